The molecule has 0 aromatic heterocycles. The van der Waals surface area contributed by atoms with E-state index in [0.29, 0.717) is 10.6 Å². The van der Waals surface area contributed by atoms with Crippen molar-refractivity contribution in [2.75, 3.05) is 10.8 Å². The zero-order valence-electron chi connectivity index (χ0n) is 22.0. The molecule has 0 spiro atoms. The van der Waals surface area contributed by atoms with E-state index in [1.807, 2.05) is 20.8 Å². The first-order chi connectivity index (χ1) is 18.2. The number of carbonyl (C=O) groups is 2. The topological polar surface area (TPSA) is 86.8 Å². The number of hydrogen-bond donors (Lipinski definition) is 1. The Morgan fingerprint density at radius 2 is 1.49 bits per heavy atom. The second-order valence-electron chi connectivity index (χ2n) is 9.98. The van der Waals surface area contributed by atoms with Gasteiger partial charge in [0, 0.05) is 22.1 Å². The maximum atomic E-state index is 13.9. The minimum atomic E-state index is -4.25. The Labute approximate surface area is 244 Å². The van der Waals surface area contributed by atoms with Gasteiger partial charge >= 0.3 is 0 Å². The summed E-state index contributed by atoms with van der Waals surface area (Å²) in [6, 6.07) is 18.0. The van der Waals surface area contributed by atoms with Crippen LogP contribution >= 0.6 is 34.8 Å². The van der Waals surface area contributed by atoms with Crippen molar-refractivity contribution in [3.63, 3.8) is 0 Å². The molecule has 0 radical (unpaired) electrons. The Balaban J connectivity index is 2.06. The monoisotopic (exact) mass is 609 g/mol. The predicted octanol–water partition coefficient (Wildman–Crippen LogP) is 6.17. The average Bonchev–Trinajstić information content (AvgIpc) is 2.87. The van der Waals surface area contributed by atoms with Gasteiger partial charge < -0.3 is 10.2 Å². The summed E-state index contributed by atoms with van der Waals surface area (Å²) in [5.74, 6) is -1.000. The molecule has 11 heteroatoms. The van der Waals surface area contributed by atoms with Gasteiger partial charge in [-0.05, 0) is 75.7 Å². The molecule has 3 aromatic carbocycles. The Bertz CT molecular complexity index is 1430. The number of amides is 2. The summed E-state index contributed by atoms with van der Waals surface area (Å²) in [6.45, 7) is 6.50. The third-order valence-electron chi connectivity index (χ3n) is 5.72. The van der Waals surface area contributed by atoms with Gasteiger partial charge in [0.1, 0.15) is 12.6 Å². The van der Waals surface area contributed by atoms with Crippen LogP contribution in [0.15, 0.2) is 77.7 Å². The lowest BCUT2D eigenvalue weighted by molar-refractivity contribution is -0.140. The SMILES string of the molecule is C[C@H](C(=O)NC(C)(C)C)N(Cc1ccc(Cl)cc1)C(=O)CN(c1cc(Cl)ccc1Cl)S(=O)(=O)c1ccccc1. The minimum Gasteiger partial charge on any atom is -0.350 e. The molecule has 0 saturated carbocycles. The van der Waals surface area contributed by atoms with Crippen LogP contribution in [-0.2, 0) is 26.2 Å². The van der Waals surface area contributed by atoms with Crippen molar-refractivity contribution in [3.05, 3.63) is 93.4 Å². The summed E-state index contributed by atoms with van der Waals surface area (Å²) in [7, 11) is -4.25. The van der Waals surface area contributed by atoms with Crippen LogP contribution in [0.1, 0.15) is 33.3 Å². The first-order valence-electron chi connectivity index (χ1n) is 12.1. The summed E-state index contributed by atoms with van der Waals surface area (Å²) < 4.78 is 28.5. The van der Waals surface area contributed by atoms with E-state index in [-0.39, 0.29) is 33.1 Å². The van der Waals surface area contributed by atoms with Gasteiger partial charge in [-0.15, -0.1) is 0 Å². The molecule has 1 atom stereocenters. The Morgan fingerprint density at radius 1 is 0.897 bits per heavy atom. The lowest BCUT2D eigenvalue weighted by Gasteiger charge is -2.33. The predicted molar refractivity (Wildman–Crippen MR) is 157 cm³/mol. The molecule has 2 amide bonds. The fourth-order valence-electron chi connectivity index (χ4n) is 3.75. The molecular weight excluding hydrogens is 581 g/mol. The van der Waals surface area contributed by atoms with Gasteiger partial charge in [-0.3, -0.25) is 13.9 Å². The molecule has 0 bridgehead atoms. The molecular formula is C28H30Cl3N3O4S. The van der Waals surface area contributed by atoms with Crippen molar-refractivity contribution in [3.8, 4) is 0 Å². The second kappa shape index (κ2) is 12.6. The molecule has 1 N–H and O–H groups in total. The van der Waals surface area contributed by atoms with Crippen LogP contribution in [0, 0.1) is 0 Å². The van der Waals surface area contributed by atoms with Gasteiger partial charge in [0.05, 0.1) is 15.6 Å². The highest BCUT2D eigenvalue weighted by Crippen LogP contribution is 2.33. The molecule has 0 aliphatic rings. The number of hydrogen-bond acceptors (Lipinski definition) is 4. The number of sulfonamides is 1. The van der Waals surface area contributed by atoms with Crippen molar-refractivity contribution in [1.29, 1.82) is 0 Å². The van der Waals surface area contributed by atoms with E-state index in [1.54, 1.807) is 49.4 Å². The second-order valence-corrected chi connectivity index (χ2v) is 13.1. The fourth-order valence-corrected chi connectivity index (χ4v) is 5.76. The maximum Gasteiger partial charge on any atom is 0.264 e. The van der Waals surface area contributed by atoms with Crippen molar-refractivity contribution in [2.24, 2.45) is 0 Å². The smallest absolute Gasteiger partial charge is 0.264 e. The van der Waals surface area contributed by atoms with E-state index in [4.69, 9.17) is 34.8 Å². The van der Waals surface area contributed by atoms with Gasteiger partial charge in [0.2, 0.25) is 11.8 Å². The van der Waals surface area contributed by atoms with Crippen LogP contribution < -0.4 is 9.62 Å². The zero-order chi connectivity index (χ0) is 29.0. The number of rotatable bonds is 9. The Kier molecular flexibility index (Phi) is 9.93. The number of anilines is 1. The van der Waals surface area contributed by atoms with E-state index in [0.717, 1.165) is 4.31 Å². The van der Waals surface area contributed by atoms with Crippen molar-refractivity contribution < 1.29 is 18.0 Å². The van der Waals surface area contributed by atoms with Crippen LogP contribution in [-0.4, -0.2) is 43.3 Å². The molecule has 0 aliphatic carbocycles. The van der Waals surface area contributed by atoms with Crippen LogP contribution in [0.25, 0.3) is 0 Å². The number of benzene rings is 3. The summed E-state index contributed by atoms with van der Waals surface area (Å²) in [6.07, 6.45) is 0. The van der Waals surface area contributed by atoms with Gasteiger partial charge in [0.15, 0.2) is 0 Å². The molecule has 0 heterocycles. The summed E-state index contributed by atoms with van der Waals surface area (Å²) in [5.41, 5.74) is 0.207. The lowest BCUT2D eigenvalue weighted by atomic mass is 10.1. The summed E-state index contributed by atoms with van der Waals surface area (Å²) in [4.78, 5) is 28.3. The van der Waals surface area contributed by atoms with Gasteiger partial charge in [-0.1, -0.05) is 65.1 Å². The first-order valence-corrected chi connectivity index (χ1v) is 14.7. The molecule has 0 aliphatic heterocycles. The third-order valence-corrected chi connectivity index (χ3v) is 8.30. The van der Waals surface area contributed by atoms with E-state index in [1.165, 1.54) is 35.2 Å². The zero-order valence-corrected chi connectivity index (χ0v) is 25.1. The molecule has 0 saturated heterocycles. The number of nitrogens with one attached hydrogen (secondary N) is 1. The van der Waals surface area contributed by atoms with Crippen LogP contribution in [0.2, 0.25) is 15.1 Å². The van der Waals surface area contributed by atoms with Crippen LogP contribution in [0.3, 0.4) is 0 Å². The summed E-state index contributed by atoms with van der Waals surface area (Å²) >= 11 is 18.6. The van der Waals surface area contributed by atoms with Gasteiger partial charge in [-0.25, -0.2) is 8.42 Å². The molecule has 0 fully saturated rings. The normalized spacial score (nSPS) is 12.5. The minimum absolute atomic E-state index is 0.0309. The molecule has 208 valence electrons. The summed E-state index contributed by atoms with van der Waals surface area (Å²) in [5, 5.41) is 3.74. The molecule has 0 unspecified atom stereocenters. The highest BCUT2D eigenvalue weighted by molar-refractivity contribution is 7.92. The Morgan fingerprint density at radius 3 is 2.08 bits per heavy atom. The fraction of sp³-hybridized carbons (Fsp3) is 0.286. The highest BCUT2D eigenvalue weighted by Gasteiger charge is 2.34. The van der Waals surface area contributed by atoms with Crippen LogP contribution in [0.4, 0.5) is 5.69 Å². The number of nitrogens with zero attached hydrogens (tertiary/aromatic N) is 2. The van der Waals surface area contributed by atoms with Crippen molar-refractivity contribution >= 4 is 62.3 Å². The van der Waals surface area contributed by atoms with Crippen LogP contribution in [0.5, 0.6) is 0 Å². The molecule has 3 rings (SSSR count). The maximum absolute atomic E-state index is 13.9. The van der Waals surface area contributed by atoms with E-state index in [9.17, 15) is 18.0 Å². The molecule has 7 nitrogen and oxygen atoms in total. The number of carbonyl (C=O) groups excluding carboxylic acids is 2. The van der Waals surface area contributed by atoms with E-state index < -0.39 is 34.1 Å². The molecule has 39 heavy (non-hydrogen) atoms. The first kappa shape index (κ1) is 30.8. The quantitative estimate of drug-likeness (QED) is 0.314. The highest BCUT2D eigenvalue weighted by atomic mass is 35.5. The van der Waals surface area contributed by atoms with E-state index in [2.05, 4.69) is 5.32 Å². The average molecular weight is 611 g/mol. The third kappa shape index (κ3) is 8.11. The Hall–Kier alpha value is -2.78. The number of halogens is 3. The van der Waals surface area contributed by atoms with Crippen molar-refractivity contribution in [1.82, 2.24) is 10.2 Å². The largest absolute Gasteiger partial charge is 0.350 e. The molecule has 3 aromatic rings. The van der Waals surface area contributed by atoms with E-state index >= 15 is 0 Å². The lowest BCUT2D eigenvalue weighted by Crippen LogP contribution is -2.54. The standard InChI is InChI=1S/C28H30Cl3N3O4S/c1-19(27(36)32-28(2,3)4)33(17-20-10-12-21(29)13-11-20)26(35)18-34(25-16-22(30)14-15-24(25)31)39(37,38)23-8-6-5-7-9-23/h5-16,19H,17-18H2,1-4H3,(H,32,36)/t19-/m1/s1. The van der Waals surface area contributed by atoms with Gasteiger partial charge in [0.25, 0.3) is 10.0 Å². The van der Waals surface area contributed by atoms with Crippen molar-refractivity contribution in [2.45, 2.75) is 50.7 Å². The van der Waals surface area contributed by atoms with Gasteiger partial charge in [-0.2, -0.15) is 0 Å².